The van der Waals surface area contributed by atoms with E-state index in [0.29, 0.717) is 0 Å². The Balaban J connectivity index is 0.975. The highest BCUT2D eigenvalue weighted by Crippen LogP contribution is 2.52. The molecule has 0 unspecified atom stereocenters. The van der Waals surface area contributed by atoms with Gasteiger partial charge in [-0.15, -0.1) is 0 Å². The maximum Gasteiger partial charge on any atom is 0.252 e. The van der Waals surface area contributed by atoms with Gasteiger partial charge >= 0.3 is 0 Å². The van der Waals surface area contributed by atoms with Crippen LogP contribution in [0.2, 0.25) is 0 Å². The van der Waals surface area contributed by atoms with Crippen LogP contribution in [-0.4, -0.2) is 15.5 Å². The Bertz CT molecular complexity index is 5460. The summed E-state index contributed by atoms with van der Waals surface area (Å²) < 4.78 is 5.11. The van der Waals surface area contributed by atoms with Gasteiger partial charge in [-0.3, -0.25) is 0 Å². The Kier molecular flexibility index (Phi) is 10.1. The van der Waals surface area contributed by atoms with Gasteiger partial charge in [0.25, 0.3) is 6.71 Å². The number of hydrogen-bond acceptors (Lipinski definition) is 2. The van der Waals surface area contributed by atoms with Crippen LogP contribution in [0.25, 0.3) is 132 Å². The molecule has 2 aliphatic heterocycles. The predicted molar refractivity (Wildman–Crippen MR) is 377 cm³/mol. The molecule has 20 rings (SSSR count). The fourth-order valence-corrected chi connectivity index (χ4v) is 15.9. The highest BCUT2D eigenvalue weighted by Gasteiger charge is 2.45. The number of anilines is 6. The van der Waals surface area contributed by atoms with E-state index in [1.807, 2.05) is 0 Å². The molecule has 6 heterocycles. The Morgan fingerprint density at radius 1 is 0.202 bits per heavy atom. The number of hydrogen-bond donors (Lipinski definition) is 0. The molecule has 0 bridgehead atoms. The van der Waals surface area contributed by atoms with Gasteiger partial charge in [-0.05, 0) is 145 Å². The van der Waals surface area contributed by atoms with Crippen LogP contribution in [0, 0.1) is 0 Å². The summed E-state index contributed by atoms with van der Waals surface area (Å²) in [5, 5.41) is 10.1. The van der Waals surface area contributed by atoms with Gasteiger partial charge < -0.3 is 18.6 Å². The molecule has 89 heavy (non-hydrogen) atoms. The average molecular weight is 1130 g/mol. The second-order valence-corrected chi connectivity index (χ2v) is 24.4. The van der Waals surface area contributed by atoms with Gasteiger partial charge in [0.1, 0.15) is 0 Å². The van der Waals surface area contributed by atoms with Crippen molar-refractivity contribution in [3.05, 3.63) is 309 Å². The first-order chi connectivity index (χ1) is 44.1. The lowest BCUT2D eigenvalue weighted by Gasteiger charge is -2.45. The largest absolute Gasteiger partial charge is 0.311 e. The number of aromatic nitrogens is 2. The third kappa shape index (κ3) is 6.95. The summed E-state index contributed by atoms with van der Waals surface area (Å²) in [6.07, 6.45) is 0. The van der Waals surface area contributed by atoms with E-state index in [1.54, 1.807) is 0 Å². The number of para-hydroxylation sites is 4. The SMILES string of the molecule is c1ccc(-c2cc(-c3ccccc3)cc(N3c4cc5c(cc4B4c6cc7c8cccc9c%10ccccc%10n(c7cc6N(c6cc(-c7ccccc7)cc(-c7ccccc7)c6)c6cc(-c7ccccc7)cc3c64)c98)c3cccc4c6ccccc6n5c43)c2)cc1. The quantitative estimate of drug-likeness (QED) is 0.148. The topological polar surface area (TPSA) is 15.3 Å². The summed E-state index contributed by atoms with van der Waals surface area (Å²) in [6.45, 7) is -0.193. The molecule has 0 N–H and O–H groups in total. The van der Waals surface area contributed by atoms with E-state index in [0.717, 1.165) is 67.5 Å². The molecular weight excluding hydrogens is 1080 g/mol. The van der Waals surface area contributed by atoms with E-state index in [-0.39, 0.29) is 6.71 Å². The van der Waals surface area contributed by atoms with Crippen molar-refractivity contribution >= 4 is 133 Å². The first kappa shape index (κ1) is 48.6. The molecule has 0 saturated carbocycles. The van der Waals surface area contributed by atoms with Crippen LogP contribution in [-0.2, 0) is 0 Å². The van der Waals surface area contributed by atoms with Crippen molar-refractivity contribution in [2.24, 2.45) is 0 Å². The smallest absolute Gasteiger partial charge is 0.252 e. The third-order valence-corrected chi connectivity index (χ3v) is 19.6. The van der Waals surface area contributed by atoms with Crippen LogP contribution in [0.1, 0.15) is 0 Å². The first-order valence-corrected chi connectivity index (χ1v) is 30.9. The highest BCUT2D eigenvalue weighted by molar-refractivity contribution is 7.00. The van der Waals surface area contributed by atoms with Gasteiger partial charge in [0.05, 0.1) is 33.1 Å². The second kappa shape index (κ2) is 18.4. The maximum absolute atomic E-state index is 2.65. The molecular formula is C84H51BN4. The van der Waals surface area contributed by atoms with Crippen molar-refractivity contribution in [3.8, 4) is 55.6 Å². The van der Waals surface area contributed by atoms with E-state index in [1.165, 1.54) is 115 Å². The van der Waals surface area contributed by atoms with E-state index in [2.05, 4.69) is 328 Å². The molecule has 0 fully saturated rings. The predicted octanol–water partition coefficient (Wildman–Crippen LogP) is 20.4. The van der Waals surface area contributed by atoms with Gasteiger partial charge in [0, 0.05) is 77.2 Å². The first-order valence-electron chi connectivity index (χ1n) is 30.9. The van der Waals surface area contributed by atoms with E-state index in [4.69, 9.17) is 0 Å². The Hall–Kier alpha value is -11.7. The van der Waals surface area contributed by atoms with Crippen LogP contribution in [0.5, 0.6) is 0 Å². The lowest BCUT2D eigenvalue weighted by molar-refractivity contribution is 1.25. The molecule has 4 nitrogen and oxygen atoms in total. The van der Waals surface area contributed by atoms with Crippen molar-refractivity contribution in [1.29, 1.82) is 0 Å². The van der Waals surface area contributed by atoms with Crippen molar-refractivity contribution in [3.63, 3.8) is 0 Å². The molecule has 0 spiro atoms. The summed E-state index contributed by atoms with van der Waals surface area (Å²) in [7, 11) is 0. The average Bonchev–Trinajstić information content (AvgIpc) is 1.73. The summed E-state index contributed by atoms with van der Waals surface area (Å²) in [5.74, 6) is 0. The van der Waals surface area contributed by atoms with Crippen LogP contribution < -0.4 is 26.2 Å². The van der Waals surface area contributed by atoms with Crippen molar-refractivity contribution < 1.29 is 0 Å². The number of rotatable bonds is 7. The molecule has 2 aliphatic rings. The molecule has 0 amide bonds. The summed E-state index contributed by atoms with van der Waals surface area (Å²) in [5.41, 5.74) is 29.6. The van der Waals surface area contributed by atoms with Gasteiger partial charge in [-0.2, -0.15) is 0 Å². The number of benzene rings is 14. The lowest BCUT2D eigenvalue weighted by atomic mass is 9.33. The third-order valence-electron chi connectivity index (χ3n) is 19.6. The Morgan fingerprint density at radius 3 is 0.865 bits per heavy atom. The fraction of sp³-hybridized carbons (Fsp3) is 0. The zero-order valence-electron chi connectivity index (χ0n) is 48.3. The molecule has 0 radical (unpaired) electrons. The zero-order valence-corrected chi connectivity index (χ0v) is 48.3. The molecule has 0 atom stereocenters. The van der Waals surface area contributed by atoms with Gasteiger partial charge in [0.15, 0.2) is 0 Å². The van der Waals surface area contributed by atoms with Crippen molar-refractivity contribution in [1.82, 2.24) is 8.80 Å². The Morgan fingerprint density at radius 2 is 0.506 bits per heavy atom. The summed E-state index contributed by atoms with van der Waals surface area (Å²) >= 11 is 0. The van der Waals surface area contributed by atoms with E-state index >= 15 is 0 Å². The minimum absolute atomic E-state index is 0.193. The highest BCUT2D eigenvalue weighted by atomic mass is 15.2. The maximum atomic E-state index is 2.65. The monoisotopic (exact) mass is 1130 g/mol. The molecule has 0 saturated heterocycles. The number of nitrogens with zero attached hydrogens (tertiary/aromatic N) is 4. The normalized spacial score (nSPS) is 12.9. The van der Waals surface area contributed by atoms with Crippen molar-refractivity contribution in [2.45, 2.75) is 0 Å². The van der Waals surface area contributed by atoms with Crippen LogP contribution in [0.4, 0.5) is 34.1 Å². The zero-order chi connectivity index (χ0) is 58.0. The number of fused-ring (bicyclic) bond motifs is 16. The molecule has 410 valence electrons. The molecule has 18 aromatic rings. The van der Waals surface area contributed by atoms with Crippen LogP contribution >= 0.6 is 0 Å². The van der Waals surface area contributed by atoms with Crippen LogP contribution in [0.15, 0.2) is 309 Å². The molecule has 5 heteroatoms. The lowest BCUT2D eigenvalue weighted by Crippen LogP contribution is -2.61. The van der Waals surface area contributed by atoms with Crippen LogP contribution in [0.3, 0.4) is 0 Å². The molecule has 0 aliphatic carbocycles. The second-order valence-electron chi connectivity index (χ2n) is 24.4. The standard InChI is InChI=1S/C84H51BN4/c1-6-22-52(23-7-1)57-40-58(53-24-8-2-9-25-53)43-62(42-57)86-78-50-76-70(68-36-20-34-66-64-32-16-18-38-74(64)88(76)83(66)68)48-72(78)85-73-49-71-69-37-21-35-67-65-33-17-19-39-75(65)89(84(67)69)77(71)51-79(73)87(81-47-61(46-80(86)82(81)85)56-30-14-5-15-31-56)63-44-59(54-26-10-3-11-27-54)41-60(45-63)55-28-12-4-13-29-55/h1-51H. The minimum atomic E-state index is -0.193. The molecule has 4 aromatic heterocycles. The minimum Gasteiger partial charge on any atom is -0.311 e. The summed E-state index contributed by atoms with van der Waals surface area (Å²) in [6, 6.07) is 116. The van der Waals surface area contributed by atoms with Gasteiger partial charge in [0.2, 0.25) is 0 Å². The Labute approximate surface area is 514 Å². The van der Waals surface area contributed by atoms with Crippen molar-refractivity contribution in [2.75, 3.05) is 9.80 Å². The molecule has 14 aromatic carbocycles. The summed E-state index contributed by atoms with van der Waals surface area (Å²) in [4.78, 5) is 5.29. The fourth-order valence-electron chi connectivity index (χ4n) is 15.9. The van der Waals surface area contributed by atoms with E-state index < -0.39 is 0 Å². The van der Waals surface area contributed by atoms with Gasteiger partial charge in [-0.25, -0.2) is 0 Å². The van der Waals surface area contributed by atoms with Gasteiger partial charge in [-0.1, -0.05) is 237 Å². The van der Waals surface area contributed by atoms with E-state index in [9.17, 15) is 0 Å².